The van der Waals surface area contributed by atoms with Crippen LogP contribution in [0.4, 0.5) is 5.69 Å². The molecule has 3 N–H and O–H groups in total. The fourth-order valence-corrected chi connectivity index (χ4v) is 1.87. The minimum Gasteiger partial charge on any atom is -0.489 e. The zero-order valence-electron chi connectivity index (χ0n) is 10.6. The van der Waals surface area contributed by atoms with E-state index in [1.54, 1.807) is 18.2 Å². The Morgan fingerprint density at radius 1 is 1.26 bits per heavy atom. The molecular weight excluding hydrogens is 242 g/mol. The summed E-state index contributed by atoms with van der Waals surface area (Å²) in [6.07, 6.45) is 0. The van der Waals surface area contributed by atoms with Crippen LogP contribution in [0.5, 0.6) is 5.75 Å². The van der Waals surface area contributed by atoms with E-state index in [1.165, 1.54) is 0 Å². The smallest absolute Gasteiger partial charge is 0.338 e. The molecule has 0 bridgehead atoms. The number of nitrogen functional groups attached to an aromatic ring is 1. The van der Waals surface area contributed by atoms with Gasteiger partial charge in [-0.1, -0.05) is 24.3 Å². The molecule has 0 fully saturated rings. The Balaban J connectivity index is 2.20. The predicted octanol–water partition coefficient (Wildman–Crippen LogP) is 2.85. The second-order valence-electron chi connectivity index (χ2n) is 4.29. The number of hydrogen-bond acceptors (Lipinski definition) is 3. The molecule has 4 heteroatoms. The van der Waals surface area contributed by atoms with Gasteiger partial charge in [0.15, 0.2) is 0 Å². The lowest BCUT2D eigenvalue weighted by atomic mass is 10.1. The molecule has 0 spiro atoms. The maximum absolute atomic E-state index is 11.2. The van der Waals surface area contributed by atoms with Gasteiger partial charge in [-0.15, -0.1) is 0 Å². The first kappa shape index (κ1) is 13.0. The summed E-state index contributed by atoms with van der Waals surface area (Å²) in [5, 5.41) is 9.15. The van der Waals surface area contributed by atoms with E-state index in [0.29, 0.717) is 11.3 Å². The molecule has 0 aromatic heterocycles. The highest BCUT2D eigenvalue weighted by atomic mass is 16.5. The van der Waals surface area contributed by atoms with E-state index in [-0.39, 0.29) is 17.9 Å². The molecule has 0 aliphatic carbocycles. The monoisotopic (exact) mass is 257 g/mol. The van der Waals surface area contributed by atoms with Crippen LogP contribution in [0.15, 0.2) is 42.5 Å². The van der Waals surface area contributed by atoms with Crippen molar-refractivity contribution in [3.05, 3.63) is 59.2 Å². The van der Waals surface area contributed by atoms with Gasteiger partial charge in [-0.3, -0.25) is 0 Å². The van der Waals surface area contributed by atoms with Gasteiger partial charge in [-0.2, -0.15) is 0 Å². The van der Waals surface area contributed by atoms with E-state index < -0.39 is 5.97 Å². The van der Waals surface area contributed by atoms with Crippen molar-refractivity contribution in [2.24, 2.45) is 0 Å². The number of aryl methyl sites for hydroxylation is 1. The second kappa shape index (κ2) is 5.44. The van der Waals surface area contributed by atoms with Crippen molar-refractivity contribution < 1.29 is 14.6 Å². The highest BCUT2D eigenvalue weighted by molar-refractivity contribution is 5.95. The van der Waals surface area contributed by atoms with Gasteiger partial charge in [0.2, 0.25) is 0 Å². The van der Waals surface area contributed by atoms with Gasteiger partial charge in [0, 0.05) is 11.3 Å². The van der Waals surface area contributed by atoms with Crippen molar-refractivity contribution in [1.29, 1.82) is 0 Å². The molecule has 2 aromatic carbocycles. The maximum Gasteiger partial charge on any atom is 0.338 e. The fraction of sp³-hybridized carbons (Fsp3) is 0.133. The molecule has 0 atom stereocenters. The van der Waals surface area contributed by atoms with Crippen molar-refractivity contribution in [2.45, 2.75) is 13.5 Å². The molecule has 2 rings (SSSR count). The summed E-state index contributed by atoms with van der Waals surface area (Å²) < 4.78 is 5.60. The summed E-state index contributed by atoms with van der Waals surface area (Å²) in [5.41, 5.74) is 7.68. The van der Waals surface area contributed by atoms with E-state index in [9.17, 15) is 4.79 Å². The van der Waals surface area contributed by atoms with Crippen LogP contribution in [-0.4, -0.2) is 11.1 Å². The Morgan fingerprint density at radius 2 is 2.00 bits per heavy atom. The molecule has 2 aromatic rings. The number of benzene rings is 2. The summed E-state index contributed by atoms with van der Waals surface area (Å²) in [5.74, 6) is -0.334. The van der Waals surface area contributed by atoms with Crippen molar-refractivity contribution in [2.75, 3.05) is 5.73 Å². The lowest BCUT2D eigenvalue weighted by Crippen LogP contribution is -2.09. The lowest BCUT2D eigenvalue weighted by molar-refractivity contribution is 0.0695. The van der Waals surface area contributed by atoms with E-state index in [4.69, 9.17) is 15.6 Å². The number of aromatic carboxylic acids is 1. The largest absolute Gasteiger partial charge is 0.489 e. The second-order valence-corrected chi connectivity index (χ2v) is 4.29. The minimum absolute atomic E-state index is 0.107. The van der Waals surface area contributed by atoms with Crippen molar-refractivity contribution in [3.63, 3.8) is 0 Å². The zero-order chi connectivity index (χ0) is 13.8. The van der Waals surface area contributed by atoms with Crippen molar-refractivity contribution in [3.8, 4) is 5.75 Å². The molecule has 0 unspecified atom stereocenters. The van der Waals surface area contributed by atoms with E-state index in [1.807, 2.05) is 31.2 Å². The average Bonchev–Trinajstić information content (AvgIpc) is 2.36. The molecule has 0 radical (unpaired) electrons. The van der Waals surface area contributed by atoms with Crippen LogP contribution in [-0.2, 0) is 6.61 Å². The first-order chi connectivity index (χ1) is 9.08. The van der Waals surface area contributed by atoms with Crippen LogP contribution in [0, 0.1) is 6.92 Å². The number of carboxylic acid groups (broad SMARTS) is 1. The van der Waals surface area contributed by atoms with Crippen LogP contribution in [0.1, 0.15) is 21.5 Å². The molecule has 19 heavy (non-hydrogen) atoms. The minimum atomic E-state index is -1.04. The highest BCUT2D eigenvalue weighted by Crippen LogP contribution is 2.20. The van der Waals surface area contributed by atoms with Crippen LogP contribution in [0.2, 0.25) is 0 Å². The summed E-state index contributed by atoms with van der Waals surface area (Å²) >= 11 is 0. The quantitative estimate of drug-likeness (QED) is 0.826. The van der Waals surface area contributed by atoms with Gasteiger partial charge in [0.25, 0.3) is 0 Å². The molecule has 0 saturated carbocycles. The first-order valence-corrected chi connectivity index (χ1v) is 5.88. The molecule has 0 saturated heterocycles. The van der Waals surface area contributed by atoms with Crippen LogP contribution < -0.4 is 10.5 Å². The van der Waals surface area contributed by atoms with Gasteiger partial charge >= 0.3 is 5.97 Å². The Bertz CT molecular complexity index is 608. The van der Waals surface area contributed by atoms with Gasteiger partial charge in [-0.05, 0) is 30.7 Å². The van der Waals surface area contributed by atoms with E-state index >= 15 is 0 Å². The fourth-order valence-electron chi connectivity index (χ4n) is 1.87. The molecule has 0 amide bonds. The Hall–Kier alpha value is -2.49. The predicted molar refractivity (Wildman–Crippen MR) is 73.3 cm³/mol. The zero-order valence-corrected chi connectivity index (χ0v) is 10.6. The number of carboxylic acids is 1. The van der Waals surface area contributed by atoms with Crippen LogP contribution >= 0.6 is 0 Å². The first-order valence-electron chi connectivity index (χ1n) is 5.88. The Kier molecular flexibility index (Phi) is 3.71. The molecule has 98 valence electrons. The van der Waals surface area contributed by atoms with E-state index in [2.05, 4.69) is 0 Å². The number of ether oxygens (including phenoxy) is 1. The molecule has 0 aliphatic heterocycles. The number of nitrogens with two attached hydrogens (primary N) is 1. The standard InChI is InChI=1S/C15H15NO3/c1-10-4-2-6-12(8-10)19-9-11-5-3-7-13(16)14(11)15(17)18/h2-8H,9,16H2,1H3,(H,17,18). The van der Waals surface area contributed by atoms with Crippen LogP contribution in [0.25, 0.3) is 0 Å². The number of carbonyl (C=O) groups is 1. The molecule has 4 nitrogen and oxygen atoms in total. The highest BCUT2D eigenvalue weighted by Gasteiger charge is 2.13. The molecule has 0 heterocycles. The Labute approximate surface area is 111 Å². The van der Waals surface area contributed by atoms with Gasteiger partial charge < -0.3 is 15.6 Å². The molecule has 0 aliphatic rings. The normalized spacial score (nSPS) is 10.2. The summed E-state index contributed by atoms with van der Waals surface area (Å²) in [4.78, 5) is 11.2. The SMILES string of the molecule is Cc1cccc(OCc2cccc(N)c2C(=O)O)c1. The van der Waals surface area contributed by atoms with E-state index in [0.717, 1.165) is 5.56 Å². The Morgan fingerprint density at radius 3 is 2.68 bits per heavy atom. The van der Waals surface area contributed by atoms with Gasteiger partial charge in [0.05, 0.1) is 5.56 Å². The van der Waals surface area contributed by atoms with Crippen molar-refractivity contribution >= 4 is 11.7 Å². The van der Waals surface area contributed by atoms with Crippen LogP contribution in [0.3, 0.4) is 0 Å². The summed E-state index contributed by atoms with van der Waals surface area (Å²) in [6.45, 7) is 2.15. The third-order valence-corrected chi connectivity index (χ3v) is 2.78. The summed E-state index contributed by atoms with van der Waals surface area (Å²) in [6, 6.07) is 12.6. The number of rotatable bonds is 4. The third kappa shape index (κ3) is 3.04. The number of anilines is 1. The van der Waals surface area contributed by atoms with Gasteiger partial charge in [-0.25, -0.2) is 4.79 Å². The molecular formula is C15H15NO3. The average molecular weight is 257 g/mol. The lowest BCUT2D eigenvalue weighted by Gasteiger charge is -2.10. The summed E-state index contributed by atoms with van der Waals surface area (Å²) in [7, 11) is 0. The number of hydrogen-bond donors (Lipinski definition) is 2. The third-order valence-electron chi connectivity index (χ3n) is 2.78. The van der Waals surface area contributed by atoms with Crippen molar-refractivity contribution in [1.82, 2.24) is 0 Å². The topological polar surface area (TPSA) is 72.5 Å². The van der Waals surface area contributed by atoms with Gasteiger partial charge in [0.1, 0.15) is 12.4 Å². The maximum atomic E-state index is 11.2.